The smallest absolute Gasteiger partial charge is 0.0593 e. The zero-order valence-corrected chi connectivity index (χ0v) is 13.0. The molecule has 1 aromatic carbocycles. The summed E-state index contributed by atoms with van der Waals surface area (Å²) in [6.07, 6.45) is 2.70. The summed E-state index contributed by atoms with van der Waals surface area (Å²) in [5.74, 6) is 0.835. The lowest BCUT2D eigenvalue weighted by Gasteiger charge is -2.31. The fourth-order valence-electron chi connectivity index (χ4n) is 2.70. The van der Waals surface area contributed by atoms with Crippen LogP contribution in [-0.2, 0) is 4.74 Å². The fraction of sp³-hybridized carbons (Fsp3) is 0.647. The molecule has 0 bridgehead atoms. The number of likely N-dealkylation sites (N-methyl/N-ethyl adjacent to an activating group) is 1. The lowest BCUT2D eigenvalue weighted by molar-refractivity contribution is 0.0875. The molecule has 0 heterocycles. The average Bonchev–Trinajstić information content (AvgIpc) is 3.18. The predicted molar refractivity (Wildman–Crippen MR) is 83.7 cm³/mol. The van der Waals surface area contributed by atoms with E-state index in [1.54, 1.807) is 0 Å². The molecule has 1 aliphatic carbocycles. The van der Waals surface area contributed by atoms with E-state index in [-0.39, 0.29) is 12.1 Å². The lowest BCUT2D eigenvalue weighted by Crippen LogP contribution is -2.39. The maximum Gasteiger partial charge on any atom is 0.0593 e. The van der Waals surface area contributed by atoms with Crippen LogP contribution in [0.3, 0.4) is 0 Å². The van der Waals surface area contributed by atoms with Crippen LogP contribution in [0, 0.1) is 12.8 Å². The molecular formula is C17H28N2O. The molecule has 0 radical (unpaired) electrons. The number of nitrogens with zero attached hydrogens (tertiary/aromatic N) is 1. The van der Waals surface area contributed by atoms with Crippen molar-refractivity contribution in [3.63, 3.8) is 0 Å². The molecule has 3 heteroatoms. The molecule has 3 nitrogen and oxygen atoms in total. The molecule has 0 aromatic heterocycles. The van der Waals surface area contributed by atoms with Gasteiger partial charge < -0.3 is 10.5 Å². The zero-order valence-electron chi connectivity index (χ0n) is 13.0. The Labute approximate surface area is 123 Å². The molecule has 2 atom stereocenters. The summed E-state index contributed by atoms with van der Waals surface area (Å²) in [5.41, 5.74) is 8.78. The van der Waals surface area contributed by atoms with Crippen molar-refractivity contribution >= 4 is 0 Å². The van der Waals surface area contributed by atoms with Crippen molar-refractivity contribution in [2.45, 2.75) is 38.8 Å². The van der Waals surface area contributed by atoms with Crippen LogP contribution in [0.25, 0.3) is 0 Å². The first-order valence-corrected chi connectivity index (χ1v) is 7.68. The second kappa shape index (κ2) is 7.21. The number of ether oxygens (including phenoxy) is 1. The average molecular weight is 276 g/mol. The molecule has 2 rings (SSSR count). The summed E-state index contributed by atoms with van der Waals surface area (Å²) in [4.78, 5) is 2.31. The topological polar surface area (TPSA) is 38.5 Å². The highest BCUT2D eigenvalue weighted by Crippen LogP contribution is 2.29. The second-order valence-corrected chi connectivity index (χ2v) is 6.22. The molecule has 0 aliphatic heterocycles. The third-order valence-corrected chi connectivity index (χ3v) is 4.00. The summed E-state index contributed by atoms with van der Waals surface area (Å²) in [5, 5.41) is 0. The highest BCUT2D eigenvalue weighted by atomic mass is 16.5. The summed E-state index contributed by atoms with van der Waals surface area (Å²) in [7, 11) is 2.14. The van der Waals surface area contributed by atoms with Crippen molar-refractivity contribution in [1.82, 2.24) is 4.90 Å². The molecule has 1 fully saturated rings. The van der Waals surface area contributed by atoms with Gasteiger partial charge in [0.2, 0.25) is 0 Å². The number of rotatable bonds is 8. The zero-order chi connectivity index (χ0) is 14.5. The van der Waals surface area contributed by atoms with Gasteiger partial charge in [0.15, 0.2) is 0 Å². The predicted octanol–water partition coefficient (Wildman–Crippen LogP) is 2.74. The molecule has 2 unspecified atom stereocenters. The number of hydrogen-bond acceptors (Lipinski definition) is 3. The molecule has 1 saturated carbocycles. The van der Waals surface area contributed by atoms with Crippen molar-refractivity contribution in [2.24, 2.45) is 11.7 Å². The molecule has 2 N–H and O–H groups in total. The van der Waals surface area contributed by atoms with Gasteiger partial charge in [-0.1, -0.05) is 29.8 Å². The Hall–Kier alpha value is -0.900. The Morgan fingerprint density at radius 1 is 1.40 bits per heavy atom. The van der Waals surface area contributed by atoms with E-state index in [9.17, 15) is 0 Å². The maximum atomic E-state index is 6.20. The Morgan fingerprint density at radius 2 is 2.15 bits per heavy atom. The summed E-state index contributed by atoms with van der Waals surface area (Å²) >= 11 is 0. The minimum Gasteiger partial charge on any atom is -0.380 e. The molecule has 0 saturated heterocycles. The van der Waals surface area contributed by atoms with Crippen molar-refractivity contribution in [3.05, 3.63) is 35.4 Å². The van der Waals surface area contributed by atoms with Crippen LogP contribution in [0.1, 0.15) is 36.9 Å². The highest BCUT2D eigenvalue weighted by molar-refractivity contribution is 5.26. The van der Waals surface area contributed by atoms with Crippen LogP contribution in [0.5, 0.6) is 0 Å². The van der Waals surface area contributed by atoms with Gasteiger partial charge in [-0.2, -0.15) is 0 Å². The van der Waals surface area contributed by atoms with E-state index < -0.39 is 0 Å². The quantitative estimate of drug-likeness (QED) is 0.742. The Kier molecular flexibility index (Phi) is 5.58. The first kappa shape index (κ1) is 15.5. The molecule has 112 valence electrons. The van der Waals surface area contributed by atoms with Crippen molar-refractivity contribution in [2.75, 3.05) is 26.8 Å². The first-order valence-electron chi connectivity index (χ1n) is 7.68. The van der Waals surface area contributed by atoms with Gasteiger partial charge in [0, 0.05) is 25.2 Å². The van der Waals surface area contributed by atoms with Gasteiger partial charge in [0.1, 0.15) is 0 Å². The number of nitrogens with two attached hydrogens (primary N) is 1. The highest BCUT2D eigenvalue weighted by Gasteiger charge is 2.23. The van der Waals surface area contributed by atoms with Crippen LogP contribution in [0.4, 0.5) is 0 Å². The SMILES string of the molecule is Cc1cccc(C(C(C)N)N(C)CCOCC2CC2)c1. The van der Waals surface area contributed by atoms with Gasteiger partial charge in [-0.05, 0) is 45.2 Å². The van der Waals surface area contributed by atoms with Crippen LogP contribution < -0.4 is 5.73 Å². The maximum absolute atomic E-state index is 6.20. The summed E-state index contributed by atoms with van der Waals surface area (Å²) < 4.78 is 5.74. The Balaban J connectivity index is 1.89. The van der Waals surface area contributed by atoms with Crippen molar-refractivity contribution in [1.29, 1.82) is 0 Å². The van der Waals surface area contributed by atoms with E-state index in [2.05, 4.69) is 50.1 Å². The van der Waals surface area contributed by atoms with E-state index in [0.717, 1.165) is 25.7 Å². The number of benzene rings is 1. The third kappa shape index (κ3) is 4.58. The van der Waals surface area contributed by atoms with E-state index >= 15 is 0 Å². The number of hydrogen-bond donors (Lipinski definition) is 1. The van der Waals surface area contributed by atoms with Crippen molar-refractivity contribution < 1.29 is 4.74 Å². The summed E-state index contributed by atoms with van der Waals surface area (Å²) in [6, 6.07) is 8.99. The largest absolute Gasteiger partial charge is 0.380 e. The van der Waals surface area contributed by atoms with E-state index in [0.29, 0.717) is 0 Å². The molecule has 1 aromatic rings. The molecule has 0 amide bonds. The fourth-order valence-corrected chi connectivity index (χ4v) is 2.70. The normalized spacial score (nSPS) is 18.2. The monoisotopic (exact) mass is 276 g/mol. The van der Waals surface area contributed by atoms with E-state index in [4.69, 9.17) is 10.5 Å². The van der Waals surface area contributed by atoms with Crippen molar-refractivity contribution in [3.8, 4) is 0 Å². The van der Waals surface area contributed by atoms with Gasteiger partial charge in [-0.3, -0.25) is 4.90 Å². The van der Waals surface area contributed by atoms with E-state index in [1.165, 1.54) is 24.0 Å². The summed E-state index contributed by atoms with van der Waals surface area (Å²) in [6.45, 7) is 6.85. The minimum absolute atomic E-state index is 0.102. The van der Waals surface area contributed by atoms with Crippen LogP contribution >= 0.6 is 0 Å². The van der Waals surface area contributed by atoms with E-state index in [1.807, 2.05) is 0 Å². The van der Waals surface area contributed by atoms with Gasteiger partial charge in [0.25, 0.3) is 0 Å². The van der Waals surface area contributed by atoms with Gasteiger partial charge in [0.05, 0.1) is 6.61 Å². The van der Waals surface area contributed by atoms with Gasteiger partial charge in [-0.15, -0.1) is 0 Å². The molecule has 20 heavy (non-hydrogen) atoms. The van der Waals surface area contributed by atoms with Crippen LogP contribution in [-0.4, -0.2) is 37.7 Å². The molecular weight excluding hydrogens is 248 g/mol. The Bertz CT molecular complexity index is 415. The van der Waals surface area contributed by atoms with Gasteiger partial charge in [-0.25, -0.2) is 0 Å². The van der Waals surface area contributed by atoms with Crippen LogP contribution in [0.15, 0.2) is 24.3 Å². The first-order chi connectivity index (χ1) is 9.58. The molecule has 0 spiro atoms. The lowest BCUT2D eigenvalue weighted by atomic mass is 9.98. The Morgan fingerprint density at radius 3 is 2.75 bits per heavy atom. The second-order valence-electron chi connectivity index (χ2n) is 6.22. The van der Waals surface area contributed by atoms with Crippen LogP contribution in [0.2, 0.25) is 0 Å². The number of aryl methyl sites for hydroxylation is 1. The third-order valence-electron chi connectivity index (χ3n) is 4.00. The minimum atomic E-state index is 0.102. The molecule has 1 aliphatic rings. The standard InChI is InChI=1S/C17H28N2O/c1-13-5-4-6-16(11-13)17(14(2)18)19(3)9-10-20-12-15-7-8-15/h4-6,11,14-15,17H,7-10,12,18H2,1-3H3. The van der Waals surface area contributed by atoms with Gasteiger partial charge >= 0.3 is 0 Å².